The van der Waals surface area contributed by atoms with Crippen LogP contribution in [0.15, 0.2) is 0 Å². The number of urea groups is 1. The second-order valence-corrected chi connectivity index (χ2v) is 3.37. The molecular weight excluding hydrogens is 238 g/mol. The third-order valence-corrected chi connectivity index (χ3v) is 1.80. The number of nitrogens with one attached hydrogen (secondary N) is 1. The van der Waals surface area contributed by atoms with E-state index in [1.54, 1.807) is 0 Å². The van der Waals surface area contributed by atoms with Crippen molar-refractivity contribution in [3.05, 3.63) is 0 Å². The van der Waals surface area contributed by atoms with Crippen molar-refractivity contribution in [2.75, 3.05) is 13.6 Å². The van der Waals surface area contributed by atoms with Crippen LogP contribution in [0.1, 0.15) is 19.3 Å². The molecule has 0 atom stereocenters. The Morgan fingerprint density at radius 2 is 1.88 bits per heavy atom. The van der Waals surface area contributed by atoms with E-state index in [1.807, 2.05) is 5.32 Å². The van der Waals surface area contributed by atoms with Gasteiger partial charge in [-0.15, -0.1) is 0 Å². The van der Waals surface area contributed by atoms with Crippen molar-refractivity contribution in [3.8, 4) is 0 Å². The van der Waals surface area contributed by atoms with Gasteiger partial charge in [-0.2, -0.15) is 0 Å². The summed E-state index contributed by atoms with van der Waals surface area (Å²) in [4.78, 5) is 33.0. The predicted molar refractivity (Wildman–Crippen MR) is 53.7 cm³/mol. The lowest BCUT2D eigenvalue weighted by Crippen LogP contribution is -2.42. The maximum absolute atomic E-state index is 11.9. The van der Waals surface area contributed by atoms with Crippen molar-refractivity contribution in [1.82, 2.24) is 10.2 Å². The molecule has 0 saturated heterocycles. The molecule has 0 aromatic rings. The summed E-state index contributed by atoms with van der Waals surface area (Å²) >= 11 is 0. The van der Waals surface area contributed by atoms with Gasteiger partial charge in [-0.1, -0.05) is 0 Å². The molecule has 0 aromatic carbocycles. The van der Waals surface area contributed by atoms with E-state index in [0.29, 0.717) is 4.90 Å². The predicted octanol–water partition coefficient (Wildman–Crippen LogP) is 0.674. The monoisotopic (exact) mass is 252 g/mol. The molecule has 98 valence electrons. The van der Waals surface area contributed by atoms with E-state index in [0.717, 1.165) is 7.05 Å². The highest BCUT2D eigenvalue weighted by Gasteiger charge is 2.16. The first-order chi connectivity index (χ1) is 7.82. The summed E-state index contributed by atoms with van der Waals surface area (Å²) < 4.78 is 23.8. The number of carboxylic acid groups (broad SMARTS) is 1. The van der Waals surface area contributed by atoms with Gasteiger partial charge in [0, 0.05) is 19.9 Å². The average Bonchev–Trinajstić information content (AvgIpc) is 2.15. The fraction of sp³-hybridized carbons (Fsp3) is 0.667. The molecule has 0 aliphatic rings. The Kier molecular flexibility index (Phi) is 6.76. The Hall–Kier alpha value is -1.73. The highest BCUT2D eigenvalue weighted by molar-refractivity contribution is 5.94. The van der Waals surface area contributed by atoms with E-state index in [2.05, 4.69) is 0 Å². The molecule has 0 spiro atoms. The molecule has 0 bridgehead atoms. The molecule has 0 aliphatic carbocycles. The molecule has 0 aliphatic heterocycles. The van der Waals surface area contributed by atoms with Crippen molar-refractivity contribution < 1.29 is 28.3 Å². The van der Waals surface area contributed by atoms with Gasteiger partial charge in [-0.05, 0) is 6.42 Å². The molecule has 0 fully saturated rings. The van der Waals surface area contributed by atoms with Crippen molar-refractivity contribution in [3.63, 3.8) is 0 Å². The van der Waals surface area contributed by atoms with Crippen molar-refractivity contribution in [2.45, 2.75) is 25.7 Å². The van der Waals surface area contributed by atoms with Crippen molar-refractivity contribution >= 4 is 17.9 Å². The van der Waals surface area contributed by atoms with E-state index in [-0.39, 0.29) is 19.3 Å². The third-order valence-electron chi connectivity index (χ3n) is 1.80. The van der Waals surface area contributed by atoms with Crippen LogP contribution < -0.4 is 5.32 Å². The van der Waals surface area contributed by atoms with Crippen LogP contribution in [-0.2, 0) is 9.59 Å². The summed E-state index contributed by atoms with van der Waals surface area (Å²) in [6.45, 7) is -0.770. The van der Waals surface area contributed by atoms with E-state index >= 15 is 0 Å². The lowest BCUT2D eigenvalue weighted by Gasteiger charge is -2.16. The maximum Gasteiger partial charge on any atom is 0.323 e. The topological polar surface area (TPSA) is 86.7 Å². The lowest BCUT2D eigenvalue weighted by atomic mass is 10.2. The van der Waals surface area contributed by atoms with Crippen molar-refractivity contribution in [2.24, 2.45) is 0 Å². The summed E-state index contributed by atoms with van der Waals surface area (Å²) in [5, 5.41) is 10.2. The Morgan fingerprint density at radius 1 is 1.29 bits per heavy atom. The summed E-state index contributed by atoms with van der Waals surface area (Å²) in [7, 11) is 1.13. The van der Waals surface area contributed by atoms with Crippen LogP contribution in [0.25, 0.3) is 0 Å². The molecular formula is C9H14F2N2O4. The highest BCUT2D eigenvalue weighted by Crippen LogP contribution is 1.98. The molecule has 6 nitrogen and oxygen atoms in total. The van der Waals surface area contributed by atoms with Crippen molar-refractivity contribution in [1.29, 1.82) is 0 Å². The first kappa shape index (κ1) is 15.3. The van der Waals surface area contributed by atoms with Crippen LogP contribution in [0.2, 0.25) is 0 Å². The van der Waals surface area contributed by atoms with Crippen LogP contribution in [0, 0.1) is 0 Å². The van der Waals surface area contributed by atoms with Crippen LogP contribution in [0.5, 0.6) is 0 Å². The van der Waals surface area contributed by atoms with E-state index < -0.39 is 30.9 Å². The Labute approximate surface area is 96.6 Å². The summed E-state index contributed by atoms with van der Waals surface area (Å²) in [6.07, 6.45) is -2.91. The Balaban J connectivity index is 3.87. The molecule has 0 unspecified atom stereocenters. The molecule has 8 heteroatoms. The first-order valence-electron chi connectivity index (χ1n) is 4.87. The van der Waals surface area contributed by atoms with Crippen LogP contribution in [0.3, 0.4) is 0 Å². The minimum absolute atomic E-state index is 0.0903. The number of rotatable bonds is 6. The maximum atomic E-state index is 11.9. The number of carbonyl (C=O) groups is 3. The number of nitrogens with zero attached hydrogens (tertiary/aromatic N) is 1. The Bertz CT molecular complexity index is 297. The zero-order chi connectivity index (χ0) is 13.4. The second kappa shape index (κ2) is 7.53. The standard InChI is InChI=1S/C9H14F2N2O4/c1-13(5-6(10)11)9(17)12-7(14)3-2-4-8(15)16/h6H,2-5H2,1H3,(H,15,16)(H,12,14,17). The Morgan fingerprint density at radius 3 is 2.35 bits per heavy atom. The third kappa shape index (κ3) is 8.12. The summed E-state index contributed by atoms with van der Waals surface area (Å²) in [5.74, 6) is -1.73. The van der Waals surface area contributed by atoms with Gasteiger partial charge >= 0.3 is 12.0 Å². The smallest absolute Gasteiger partial charge is 0.323 e. The van der Waals surface area contributed by atoms with Gasteiger partial charge in [-0.25, -0.2) is 13.6 Å². The number of hydrogen-bond acceptors (Lipinski definition) is 3. The largest absolute Gasteiger partial charge is 0.481 e. The number of carbonyl (C=O) groups excluding carboxylic acids is 2. The minimum Gasteiger partial charge on any atom is -0.481 e. The van der Waals surface area contributed by atoms with Gasteiger partial charge in [0.05, 0.1) is 6.54 Å². The number of imide groups is 1. The van der Waals surface area contributed by atoms with Gasteiger partial charge in [-0.3, -0.25) is 14.9 Å². The molecule has 17 heavy (non-hydrogen) atoms. The fourth-order valence-electron chi connectivity index (χ4n) is 0.967. The van der Waals surface area contributed by atoms with Gasteiger partial charge < -0.3 is 10.0 Å². The number of halogens is 2. The van der Waals surface area contributed by atoms with E-state index in [9.17, 15) is 23.2 Å². The minimum atomic E-state index is -2.67. The zero-order valence-corrected chi connectivity index (χ0v) is 9.28. The highest BCUT2D eigenvalue weighted by atomic mass is 19.3. The van der Waals surface area contributed by atoms with Crippen LogP contribution in [-0.4, -0.2) is 47.9 Å². The molecule has 2 N–H and O–H groups in total. The molecule has 0 rings (SSSR count). The van der Waals surface area contributed by atoms with Gasteiger partial charge in [0.1, 0.15) is 0 Å². The summed E-state index contributed by atoms with van der Waals surface area (Å²) in [6, 6.07) is -0.925. The number of alkyl halides is 2. The SMILES string of the molecule is CN(CC(F)F)C(=O)NC(=O)CCCC(=O)O. The zero-order valence-electron chi connectivity index (χ0n) is 9.28. The first-order valence-corrected chi connectivity index (χ1v) is 4.87. The number of carboxylic acids is 1. The van der Waals surface area contributed by atoms with Crippen LogP contribution in [0.4, 0.5) is 13.6 Å². The van der Waals surface area contributed by atoms with Crippen LogP contribution >= 0.6 is 0 Å². The molecule has 3 amide bonds. The molecule has 0 heterocycles. The van der Waals surface area contributed by atoms with Gasteiger partial charge in [0.2, 0.25) is 5.91 Å². The average molecular weight is 252 g/mol. The van der Waals surface area contributed by atoms with Gasteiger partial charge in [0.15, 0.2) is 0 Å². The van der Waals surface area contributed by atoms with Gasteiger partial charge in [0.25, 0.3) is 6.43 Å². The number of hydrogen-bond donors (Lipinski definition) is 2. The molecule has 0 aromatic heterocycles. The lowest BCUT2D eigenvalue weighted by molar-refractivity contribution is -0.137. The fourth-order valence-corrected chi connectivity index (χ4v) is 0.967. The molecule has 0 saturated carbocycles. The number of amides is 3. The summed E-state index contributed by atoms with van der Waals surface area (Å²) in [5.41, 5.74) is 0. The second-order valence-electron chi connectivity index (χ2n) is 3.37. The quantitative estimate of drug-likeness (QED) is 0.727. The molecule has 0 radical (unpaired) electrons. The normalized spacial score (nSPS) is 10.1. The van der Waals surface area contributed by atoms with E-state index in [4.69, 9.17) is 5.11 Å². The van der Waals surface area contributed by atoms with E-state index in [1.165, 1.54) is 0 Å². The number of aliphatic carboxylic acids is 1.